The van der Waals surface area contributed by atoms with E-state index >= 15 is 0 Å². The van der Waals surface area contributed by atoms with Crippen molar-refractivity contribution in [1.29, 1.82) is 0 Å². The molecule has 19 heavy (non-hydrogen) atoms. The zero-order valence-corrected chi connectivity index (χ0v) is 12.0. The lowest BCUT2D eigenvalue weighted by Crippen LogP contribution is -2.43. The van der Waals surface area contributed by atoms with Crippen LogP contribution in [0.4, 0.5) is 0 Å². The molecule has 0 bridgehead atoms. The Bertz CT molecular complexity index is 373. The first-order valence-electron chi connectivity index (χ1n) is 5.07. The van der Waals surface area contributed by atoms with E-state index in [9.17, 15) is 9.59 Å². The Hall–Kier alpha value is -1.23. The average Bonchev–Trinajstić information content (AvgIpc) is 1.91. The van der Waals surface area contributed by atoms with E-state index in [0.717, 1.165) is 0 Å². The van der Waals surface area contributed by atoms with Gasteiger partial charge in [-0.1, -0.05) is 0 Å². The number of aliphatic carboxylic acids is 1. The maximum Gasteiger partial charge on any atom is 0.307 e. The maximum absolute atomic E-state index is 10.7. The van der Waals surface area contributed by atoms with Gasteiger partial charge in [0.1, 0.15) is 6.54 Å². The van der Waals surface area contributed by atoms with Crippen LogP contribution in [-0.2, 0) is 24.7 Å². The van der Waals surface area contributed by atoms with Crippen LogP contribution in [0.2, 0.25) is 0 Å². The molecule has 0 saturated heterocycles. The molecule has 1 atom stereocenters. The number of esters is 1. The van der Waals surface area contributed by atoms with E-state index in [1.54, 1.807) is 0 Å². The zero-order valence-electron chi connectivity index (χ0n) is 11.2. The second-order valence-electron chi connectivity index (χ2n) is 4.71. The topological polar surface area (TPSA) is 144 Å². The fourth-order valence-corrected chi connectivity index (χ4v) is 1.18. The van der Waals surface area contributed by atoms with E-state index in [-0.39, 0.29) is 6.42 Å². The van der Waals surface area contributed by atoms with Gasteiger partial charge in [0.25, 0.3) is 0 Å². The molecule has 0 radical (unpaired) electrons. The maximum atomic E-state index is 10.7. The van der Waals surface area contributed by atoms with E-state index in [4.69, 9.17) is 27.4 Å². The third kappa shape index (κ3) is 26.4. The van der Waals surface area contributed by atoms with Crippen molar-refractivity contribution in [2.75, 3.05) is 27.7 Å². The largest absolute Gasteiger partial charge is 0.759 e. The summed E-state index contributed by atoms with van der Waals surface area (Å²) in [4.78, 5) is 21.2. The Kier molecular flexibility index (Phi) is 8.51. The standard InChI is InChI=1S/C9H17NO4.H2O4S/c1-7(11)14-8(5-9(12)13)6-10(2,3)4;1-5(2,3)4/h8H,5-6H2,1-4H3;(H2,1,2,3,4)/p-1/t8-;/m1./s1. The molecule has 1 N–H and O–H groups in total. The number of rotatable bonds is 5. The molecular weight excluding hydrogens is 282 g/mol. The number of carbonyl (C=O) groups excluding carboxylic acids is 1. The molecule has 0 aromatic rings. The van der Waals surface area contributed by atoms with E-state index in [1.807, 2.05) is 21.1 Å². The van der Waals surface area contributed by atoms with E-state index < -0.39 is 28.4 Å². The average molecular weight is 300 g/mol. The van der Waals surface area contributed by atoms with Crippen LogP contribution < -0.4 is 0 Å². The van der Waals surface area contributed by atoms with Gasteiger partial charge in [-0.2, -0.15) is 0 Å². The summed E-state index contributed by atoms with van der Waals surface area (Å²) in [6.45, 7) is 1.77. The Morgan fingerprint density at radius 1 is 1.26 bits per heavy atom. The summed E-state index contributed by atoms with van der Waals surface area (Å²) < 4.78 is 39.5. The fraction of sp³-hybridized carbons (Fsp3) is 0.778. The molecule has 0 fully saturated rings. The van der Waals surface area contributed by atoms with Crippen LogP contribution in [0.5, 0.6) is 0 Å². The van der Waals surface area contributed by atoms with Crippen molar-refractivity contribution in [3.8, 4) is 0 Å². The number of hydrogen-bond acceptors (Lipinski definition) is 7. The summed E-state index contributed by atoms with van der Waals surface area (Å²) in [5.74, 6) is -1.39. The molecule has 0 unspecified atom stereocenters. The molecule has 114 valence electrons. The molecule has 0 saturated carbocycles. The Morgan fingerprint density at radius 2 is 1.63 bits per heavy atom. The minimum atomic E-state index is -5.17. The van der Waals surface area contributed by atoms with Gasteiger partial charge in [0.2, 0.25) is 0 Å². The minimum absolute atomic E-state index is 0.144. The normalized spacial score (nSPS) is 12.9. The van der Waals surface area contributed by atoms with Gasteiger partial charge in [-0.15, -0.1) is 0 Å². The van der Waals surface area contributed by atoms with Gasteiger partial charge in [-0.3, -0.25) is 18.0 Å². The Balaban J connectivity index is 0. The fourth-order valence-electron chi connectivity index (χ4n) is 1.18. The monoisotopic (exact) mass is 300 g/mol. The predicted molar refractivity (Wildman–Crippen MR) is 61.2 cm³/mol. The molecule has 0 aliphatic rings. The number of carbonyl (C=O) groups is 2. The Morgan fingerprint density at radius 3 is 1.84 bits per heavy atom. The summed E-state index contributed by atoms with van der Waals surface area (Å²) in [7, 11) is 0.578. The number of hydrogen-bond donors (Lipinski definition) is 1. The molecule has 9 nitrogen and oxygen atoms in total. The van der Waals surface area contributed by atoms with Crippen LogP contribution in [0.3, 0.4) is 0 Å². The molecule has 0 aromatic carbocycles. The number of nitrogens with zero attached hydrogens (tertiary/aromatic N) is 1. The van der Waals surface area contributed by atoms with E-state index in [2.05, 4.69) is 0 Å². The first-order chi connectivity index (χ1) is 8.20. The molecule has 10 heteroatoms. The lowest BCUT2D eigenvalue weighted by atomic mass is 10.2. The van der Waals surface area contributed by atoms with Crippen molar-refractivity contribution in [3.05, 3.63) is 0 Å². The van der Waals surface area contributed by atoms with Gasteiger partial charge in [0.05, 0.1) is 27.6 Å². The SMILES string of the molecule is CC(=O)O[C@H](CC(=O)O)C[N+](C)(C)C.O=S(=O)([O-])[O-]. The lowest BCUT2D eigenvalue weighted by molar-refractivity contribution is -0.873. The van der Waals surface area contributed by atoms with Gasteiger partial charge in [-0.05, 0) is 0 Å². The second kappa shape index (κ2) is 8.04. The first kappa shape index (κ1) is 20.1. The molecule has 0 aliphatic carbocycles. The molecule has 0 rings (SSSR count). The number of carboxylic acids is 1. The van der Waals surface area contributed by atoms with Crippen molar-refractivity contribution in [2.45, 2.75) is 19.4 Å². The van der Waals surface area contributed by atoms with Crippen LogP contribution in [-0.4, -0.2) is 72.8 Å². The summed E-state index contributed by atoms with van der Waals surface area (Å²) in [5, 5.41) is 8.60. The van der Waals surface area contributed by atoms with Gasteiger partial charge in [0, 0.05) is 17.3 Å². The van der Waals surface area contributed by atoms with Gasteiger partial charge in [-0.25, -0.2) is 0 Å². The summed E-state index contributed by atoms with van der Waals surface area (Å²) in [5.41, 5.74) is 0. The summed E-state index contributed by atoms with van der Waals surface area (Å²) in [6, 6.07) is 0. The minimum Gasteiger partial charge on any atom is -0.759 e. The van der Waals surface area contributed by atoms with Crippen molar-refractivity contribution >= 4 is 22.3 Å². The summed E-state index contributed by atoms with van der Waals surface area (Å²) in [6.07, 6.45) is -0.695. The molecule has 0 heterocycles. The highest BCUT2D eigenvalue weighted by Crippen LogP contribution is 2.04. The third-order valence-corrected chi connectivity index (χ3v) is 1.49. The smallest absolute Gasteiger partial charge is 0.307 e. The van der Waals surface area contributed by atoms with E-state index in [0.29, 0.717) is 11.0 Å². The van der Waals surface area contributed by atoms with Gasteiger partial charge >= 0.3 is 11.9 Å². The third-order valence-electron chi connectivity index (χ3n) is 1.49. The molecule has 0 amide bonds. The van der Waals surface area contributed by atoms with Crippen LogP contribution in [0.1, 0.15) is 13.3 Å². The van der Waals surface area contributed by atoms with Gasteiger partial charge in [0.15, 0.2) is 6.10 Å². The molecule has 0 spiro atoms. The number of likely N-dealkylation sites (N-methyl/N-ethyl adjacent to an activating group) is 1. The zero-order chi connectivity index (χ0) is 15.9. The van der Waals surface area contributed by atoms with Gasteiger partial charge < -0.3 is 23.4 Å². The lowest BCUT2D eigenvalue weighted by Gasteiger charge is -2.28. The van der Waals surface area contributed by atoms with Crippen LogP contribution in [0.25, 0.3) is 0 Å². The van der Waals surface area contributed by atoms with Crippen molar-refractivity contribution in [1.82, 2.24) is 0 Å². The highest BCUT2D eigenvalue weighted by atomic mass is 32.3. The second-order valence-corrected chi connectivity index (χ2v) is 5.53. The van der Waals surface area contributed by atoms with Crippen molar-refractivity contribution < 1.29 is 41.4 Å². The van der Waals surface area contributed by atoms with Crippen LogP contribution in [0, 0.1) is 0 Å². The quantitative estimate of drug-likeness (QED) is 0.287. The molecule has 0 aliphatic heterocycles. The number of quaternary nitrogens is 1. The summed E-state index contributed by atoms with van der Waals surface area (Å²) >= 11 is 0. The van der Waals surface area contributed by atoms with Crippen molar-refractivity contribution in [2.24, 2.45) is 0 Å². The first-order valence-corrected chi connectivity index (χ1v) is 6.40. The Labute approximate surface area is 111 Å². The molecular formula is C9H18NO8S-. The highest BCUT2D eigenvalue weighted by molar-refractivity contribution is 7.79. The number of ether oxygens (including phenoxy) is 1. The van der Waals surface area contributed by atoms with Crippen LogP contribution in [0.15, 0.2) is 0 Å². The molecule has 0 aromatic heterocycles. The predicted octanol–water partition coefficient (Wildman–Crippen LogP) is -1.24. The van der Waals surface area contributed by atoms with Crippen molar-refractivity contribution in [3.63, 3.8) is 0 Å². The van der Waals surface area contributed by atoms with E-state index in [1.165, 1.54) is 6.92 Å². The highest BCUT2D eigenvalue weighted by Gasteiger charge is 2.23. The van der Waals surface area contributed by atoms with Crippen LogP contribution >= 0.6 is 0 Å². The number of carboxylic acid groups (broad SMARTS) is 1.